The zero-order valence-electron chi connectivity index (χ0n) is 17.8. The van der Waals surface area contributed by atoms with Gasteiger partial charge in [-0.2, -0.15) is 0 Å². The molecule has 0 bridgehead atoms. The van der Waals surface area contributed by atoms with E-state index in [1.54, 1.807) is 24.3 Å². The summed E-state index contributed by atoms with van der Waals surface area (Å²) in [7, 11) is 0. The zero-order valence-corrected chi connectivity index (χ0v) is 18.5. The molecule has 1 N–H and O–H groups in total. The third-order valence-corrected chi connectivity index (χ3v) is 5.18. The van der Waals surface area contributed by atoms with Crippen LogP contribution in [0.3, 0.4) is 0 Å². The number of para-hydroxylation sites is 1. The van der Waals surface area contributed by atoms with Gasteiger partial charge in [-0.05, 0) is 61.2 Å². The first-order valence-corrected chi connectivity index (χ1v) is 11.0. The van der Waals surface area contributed by atoms with Gasteiger partial charge in [0.2, 0.25) is 0 Å². The van der Waals surface area contributed by atoms with E-state index in [0.717, 1.165) is 30.6 Å². The van der Waals surface area contributed by atoms with Crippen LogP contribution in [0.4, 0.5) is 0 Å². The number of hydrogen-bond acceptors (Lipinski definition) is 3. The van der Waals surface area contributed by atoms with Crippen molar-refractivity contribution >= 4 is 17.5 Å². The molecule has 0 saturated heterocycles. The van der Waals surface area contributed by atoms with Crippen LogP contribution in [0.25, 0.3) is 0 Å². The van der Waals surface area contributed by atoms with Crippen LogP contribution >= 0.6 is 11.6 Å². The molecule has 0 unspecified atom stereocenters. The van der Waals surface area contributed by atoms with Crippen molar-refractivity contribution in [2.24, 2.45) is 0 Å². The Morgan fingerprint density at radius 3 is 2.35 bits per heavy atom. The minimum absolute atomic E-state index is 0.0897. The van der Waals surface area contributed by atoms with E-state index in [9.17, 15) is 4.79 Å². The molecule has 3 rings (SSSR count). The highest BCUT2D eigenvalue weighted by atomic mass is 35.5. The van der Waals surface area contributed by atoms with Gasteiger partial charge in [0.05, 0.1) is 6.61 Å². The Morgan fingerprint density at radius 1 is 0.903 bits per heavy atom. The fraction of sp³-hybridized carbons (Fsp3) is 0.269. The van der Waals surface area contributed by atoms with Gasteiger partial charge in [0.1, 0.15) is 18.1 Å². The quantitative estimate of drug-likeness (QED) is 0.370. The van der Waals surface area contributed by atoms with Crippen molar-refractivity contribution in [3.05, 3.63) is 94.5 Å². The van der Waals surface area contributed by atoms with Gasteiger partial charge in [-0.1, -0.05) is 54.9 Å². The Bertz CT molecular complexity index is 972. The number of ether oxygens (including phenoxy) is 2. The summed E-state index contributed by atoms with van der Waals surface area (Å²) in [6, 6.07) is 22.8. The van der Waals surface area contributed by atoms with Gasteiger partial charge >= 0.3 is 0 Å². The molecule has 0 spiro atoms. The van der Waals surface area contributed by atoms with Gasteiger partial charge in [0.25, 0.3) is 5.91 Å². The molecular formula is C26H28ClNO3. The molecule has 31 heavy (non-hydrogen) atoms. The van der Waals surface area contributed by atoms with Crippen molar-refractivity contribution in [1.29, 1.82) is 0 Å². The molecule has 0 aromatic heterocycles. The molecule has 0 heterocycles. The van der Waals surface area contributed by atoms with Crippen LogP contribution < -0.4 is 14.8 Å². The average Bonchev–Trinajstić information content (AvgIpc) is 2.81. The van der Waals surface area contributed by atoms with E-state index in [1.807, 2.05) is 42.5 Å². The van der Waals surface area contributed by atoms with Crippen LogP contribution in [0, 0.1) is 0 Å². The summed E-state index contributed by atoms with van der Waals surface area (Å²) in [5.41, 5.74) is 2.70. The predicted octanol–water partition coefficient (Wildman–Crippen LogP) is 6.07. The molecule has 3 aromatic rings. The first-order valence-electron chi connectivity index (χ1n) is 10.6. The fourth-order valence-corrected chi connectivity index (χ4v) is 3.32. The highest BCUT2D eigenvalue weighted by Crippen LogP contribution is 2.20. The predicted molar refractivity (Wildman–Crippen MR) is 125 cm³/mol. The molecule has 0 radical (unpaired) electrons. The third-order valence-electron chi connectivity index (χ3n) is 4.81. The van der Waals surface area contributed by atoms with E-state index in [-0.39, 0.29) is 5.91 Å². The number of nitrogens with one attached hydrogen (secondary N) is 1. The third kappa shape index (κ3) is 7.04. The Labute approximate surface area is 189 Å². The number of amides is 1. The molecule has 3 aromatic carbocycles. The van der Waals surface area contributed by atoms with Gasteiger partial charge in [-0.15, -0.1) is 0 Å². The summed E-state index contributed by atoms with van der Waals surface area (Å²) in [6.07, 6.45) is 2.68. The number of carbonyl (C=O) groups is 1. The monoisotopic (exact) mass is 437 g/mol. The lowest BCUT2D eigenvalue weighted by Crippen LogP contribution is -2.24. The lowest BCUT2D eigenvalue weighted by atomic mass is 10.1. The maximum atomic E-state index is 12.4. The smallest absolute Gasteiger partial charge is 0.251 e. The number of benzene rings is 3. The van der Waals surface area contributed by atoms with Crippen molar-refractivity contribution < 1.29 is 14.3 Å². The number of hydrogen-bond donors (Lipinski definition) is 1. The molecule has 4 nitrogen and oxygen atoms in total. The van der Waals surface area contributed by atoms with Gasteiger partial charge in [0, 0.05) is 22.7 Å². The summed E-state index contributed by atoms with van der Waals surface area (Å²) in [4.78, 5) is 12.4. The van der Waals surface area contributed by atoms with Crippen molar-refractivity contribution in [2.45, 2.75) is 32.8 Å². The van der Waals surface area contributed by atoms with Crippen LogP contribution in [0.15, 0.2) is 72.8 Å². The Balaban J connectivity index is 1.43. The normalized spacial score (nSPS) is 10.5. The molecule has 0 atom stereocenters. The van der Waals surface area contributed by atoms with Crippen LogP contribution in [0.5, 0.6) is 11.5 Å². The van der Waals surface area contributed by atoms with Crippen LogP contribution in [-0.2, 0) is 13.0 Å². The Hall–Kier alpha value is -2.98. The van der Waals surface area contributed by atoms with E-state index in [1.165, 1.54) is 5.56 Å². The van der Waals surface area contributed by atoms with E-state index in [2.05, 4.69) is 18.3 Å². The molecule has 5 heteroatoms. The van der Waals surface area contributed by atoms with Gasteiger partial charge < -0.3 is 14.8 Å². The van der Waals surface area contributed by atoms with Gasteiger partial charge in [0.15, 0.2) is 0 Å². The number of carbonyl (C=O) groups excluding carboxylic acids is 1. The minimum Gasteiger partial charge on any atom is -0.493 e. The standard InChI is InChI=1S/C26H28ClNO3/c1-2-18-30-25-12-6-4-8-20(25)10-7-17-28-26(29)21-13-15-23(16-14-21)31-19-22-9-3-5-11-24(22)27/h3-6,8-9,11-16H,2,7,10,17-19H2,1H3,(H,28,29). The average molecular weight is 438 g/mol. The fourth-order valence-electron chi connectivity index (χ4n) is 3.13. The maximum absolute atomic E-state index is 12.4. The molecule has 0 aliphatic carbocycles. The zero-order chi connectivity index (χ0) is 21.9. The highest BCUT2D eigenvalue weighted by molar-refractivity contribution is 6.31. The van der Waals surface area contributed by atoms with Crippen LogP contribution in [0.2, 0.25) is 5.02 Å². The molecule has 0 aliphatic heterocycles. The maximum Gasteiger partial charge on any atom is 0.251 e. The summed E-state index contributed by atoms with van der Waals surface area (Å²) in [5, 5.41) is 3.66. The van der Waals surface area contributed by atoms with Gasteiger partial charge in [-0.25, -0.2) is 0 Å². The van der Waals surface area contributed by atoms with E-state index in [0.29, 0.717) is 36.1 Å². The SMILES string of the molecule is CCCOc1ccccc1CCCNC(=O)c1ccc(OCc2ccccc2Cl)cc1. The molecule has 162 valence electrons. The molecule has 0 fully saturated rings. The number of aryl methyl sites for hydroxylation is 1. The first-order chi connectivity index (χ1) is 15.2. The molecule has 1 amide bonds. The minimum atomic E-state index is -0.0897. The lowest BCUT2D eigenvalue weighted by molar-refractivity contribution is 0.0953. The molecular weight excluding hydrogens is 410 g/mol. The van der Waals surface area contributed by atoms with Crippen LogP contribution in [-0.4, -0.2) is 19.1 Å². The Kier molecular flexibility index (Phi) is 8.80. The van der Waals surface area contributed by atoms with Crippen molar-refractivity contribution in [1.82, 2.24) is 5.32 Å². The topological polar surface area (TPSA) is 47.6 Å². The summed E-state index contributed by atoms with van der Waals surface area (Å²) in [5.74, 6) is 1.54. The Morgan fingerprint density at radius 2 is 1.61 bits per heavy atom. The molecule has 0 saturated carbocycles. The summed E-state index contributed by atoms with van der Waals surface area (Å²) >= 11 is 6.15. The van der Waals surface area contributed by atoms with Crippen LogP contribution in [0.1, 0.15) is 41.3 Å². The summed E-state index contributed by atoms with van der Waals surface area (Å²) in [6.45, 7) is 3.79. The number of halogens is 1. The summed E-state index contributed by atoms with van der Waals surface area (Å²) < 4.78 is 11.6. The second kappa shape index (κ2) is 12.0. The highest BCUT2D eigenvalue weighted by Gasteiger charge is 2.07. The first kappa shape index (κ1) is 22.7. The van der Waals surface area contributed by atoms with Crippen molar-refractivity contribution in [2.75, 3.05) is 13.2 Å². The van der Waals surface area contributed by atoms with Gasteiger partial charge in [-0.3, -0.25) is 4.79 Å². The number of rotatable bonds is 11. The lowest BCUT2D eigenvalue weighted by Gasteiger charge is -2.11. The molecule has 0 aliphatic rings. The second-order valence-electron chi connectivity index (χ2n) is 7.22. The largest absolute Gasteiger partial charge is 0.493 e. The van der Waals surface area contributed by atoms with E-state index >= 15 is 0 Å². The van der Waals surface area contributed by atoms with E-state index in [4.69, 9.17) is 21.1 Å². The second-order valence-corrected chi connectivity index (χ2v) is 7.63. The van der Waals surface area contributed by atoms with E-state index < -0.39 is 0 Å². The van der Waals surface area contributed by atoms with Crippen molar-refractivity contribution in [3.8, 4) is 11.5 Å². The van der Waals surface area contributed by atoms with Crippen molar-refractivity contribution in [3.63, 3.8) is 0 Å².